The zero-order chi connectivity index (χ0) is 19.6. The van der Waals surface area contributed by atoms with Crippen LogP contribution in [0.15, 0.2) is 96.1 Å². The minimum atomic E-state index is -0.378. The Morgan fingerprint density at radius 2 is 1.32 bits per heavy atom. The summed E-state index contributed by atoms with van der Waals surface area (Å²) in [6, 6.07) is 27.8. The van der Waals surface area contributed by atoms with Gasteiger partial charge < -0.3 is 5.32 Å². The molecule has 0 fully saturated rings. The van der Waals surface area contributed by atoms with Crippen molar-refractivity contribution >= 4 is 23.1 Å². The molecule has 0 aliphatic heterocycles. The molecule has 0 radical (unpaired) electrons. The van der Waals surface area contributed by atoms with Gasteiger partial charge in [0.05, 0.1) is 12.1 Å². The Labute approximate surface area is 164 Å². The van der Waals surface area contributed by atoms with Crippen molar-refractivity contribution in [3.63, 3.8) is 0 Å². The van der Waals surface area contributed by atoms with Gasteiger partial charge in [-0.25, -0.2) is 0 Å². The van der Waals surface area contributed by atoms with Crippen LogP contribution in [0.4, 0.5) is 5.69 Å². The summed E-state index contributed by atoms with van der Waals surface area (Å²) in [6.07, 6.45) is -0.0928. The molecular weight excluding hydrogens is 350 g/mol. The van der Waals surface area contributed by atoms with Gasteiger partial charge in [0.25, 0.3) is 5.91 Å². The number of hydrogen-bond donors (Lipinski definition) is 2. The topological polar surface area (TPSA) is 70.6 Å². The van der Waals surface area contributed by atoms with E-state index in [0.29, 0.717) is 12.1 Å². The summed E-state index contributed by atoms with van der Waals surface area (Å²) in [5, 5.41) is 7.04. The Morgan fingerprint density at radius 1 is 0.750 bits per heavy atom. The fourth-order valence-corrected chi connectivity index (χ4v) is 2.57. The van der Waals surface area contributed by atoms with E-state index >= 15 is 0 Å². The van der Waals surface area contributed by atoms with Crippen LogP contribution in [0.2, 0.25) is 0 Å². The molecule has 140 valence electrons. The Bertz CT molecular complexity index is 939. The molecule has 0 spiro atoms. The van der Waals surface area contributed by atoms with E-state index in [2.05, 4.69) is 15.8 Å². The van der Waals surface area contributed by atoms with E-state index in [1.807, 2.05) is 66.7 Å². The summed E-state index contributed by atoms with van der Waals surface area (Å²) in [5.41, 5.74) is 5.25. The van der Waals surface area contributed by atoms with Gasteiger partial charge in [-0.3, -0.25) is 15.0 Å². The first kappa shape index (κ1) is 19.0. The van der Waals surface area contributed by atoms with Crippen LogP contribution in [0.1, 0.15) is 22.3 Å². The molecule has 0 saturated heterocycles. The number of rotatable bonds is 8. The molecule has 0 aromatic heterocycles. The van der Waals surface area contributed by atoms with E-state index in [-0.39, 0.29) is 23.8 Å². The van der Waals surface area contributed by atoms with Gasteiger partial charge in [-0.05, 0) is 17.7 Å². The number of nitrogens with zero attached hydrogens (tertiary/aromatic N) is 1. The standard InChI is InChI=1S/C23H21N3O2/c27-22(19-12-6-2-7-13-19)16-21(26-25-20-14-8-3-9-15-20)23(28)24-17-18-10-4-1-5-11-18/h1-15,25H,16-17H2,(H,24,28)/b26-21+. The van der Waals surface area contributed by atoms with Crippen LogP contribution in [0, 0.1) is 0 Å². The fourth-order valence-electron chi connectivity index (χ4n) is 2.57. The highest BCUT2D eigenvalue weighted by atomic mass is 16.2. The van der Waals surface area contributed by atoms with Crippen LogP contribution in [0.5, 0.6) is 0 Å². The average molecular weight is 371 g/mol. The number of hydrazone groups is 1. The molecule has 5 nitrogen and oxygen atoms in total. The summed E-state index contributed by atoms with van der Waals surface area (Å²) in [7, 11) is 0. The second-order valence-corrected chi connectivity index (χ2v) is 6.17. The van der Waals surface area contributed by atoms with Crippen molar-refractivity contribution in [3.8, 4) is 0 Å². The van der Waals surface area contributed by atoms with Gasteiger partial charge in [-0.2, -0.15) is 5.10 Å². The molecule has 0 saturated carbocycles. The highest BCUT2D eigenvalue weighted by molar-refractivity contribution is 6.42. The van der Waals surface area contributed by atoms with Gasteiger partial charge in [0, 0.05) is 12.1 Å². The highest BCUT2D eigenvalue weighted by Gasteiger charge is 2.17. The summed E-state index contributed by atoms with van der Waals surface area (Å²) < 4.78 is 0. The summed E-state index contributed by atoms with van der Waals surface area (Å²) in [6.45, 7) is 0.365. The van der Waals surface area contributed by atoms with E-state index < -0.39 is 0 Å². The van der Waals surface area contributed by atoms with Crippen LogP contribution < -0.4 is 10.7 Å². The van der Waals surface area contributed by atoms with Crippen molar-refractivity contribution in [2.45, 2.75) is 13.0 Å². The van der Waals surface area contributed by atoms with Gasteiger partial charge in [0.2, 0.25) is 0 Å². The normalized spacial score (nSPS) is 10.9. The van der Waals surface area contributed by atoms with E-state index in [1.54, 1.807) is 24.3 Å². The molecule has 0 aliphatic rings. The Kier molecular flexibility index (Phi) is 6.68. The largest absolute Gasteiger partial charge is 0.347 e. The summed E-state index contributed by atoms with van der Waals surface area (Å²) in [5.74, 6) is -0.541. The lowest BCUT2D eigenvalue weighted by Crippen LogP contribution is -2.32. The van der Waals surface area contributed by atoms with Crippen LogP contribution >= 0.6 is 0 Å². The number of para-hydroxylation sites is 1. The molecule has 0 aliphatic carbocycles. The number of Topliss-reactive ketones (excluding diaryl/α,β-unsaturated/α-hetero) is 1. The molecule has 0 heterocycles. The maximum Gasteiger partial charge on any atom is 0.268 e. The van der Waals surface area contributed by atoms with Crippen LogP contribution in [-0.2, 0) is 11.3 Å². The summed E-state index contributed by atoms with van der Waals surface area (Å²) >= 11 is 0. The number of amides is 1. The molecule has 3 aromatic carbocycles. The maximum atomic E-state index is 12.7. The van der Waals surface area contributed by atoms with Gasteiger partial charge in [-0.15, -0.1) is 0 Å². The zero-order valence-corrected chi connectivity index (χ0v) is 15.3. The molecule has 3 rings (SSSR count). The predicted molar refractivity (Wildman–Crippen MR) is 111 cm³/mol. The van der Waals surface area contributed by atoms with E-state index in [4.69, 9.17) is 0 Å². The Hall–Kier alpha value is -3.73. The van der Waals surface area contributed by atoms with Gasteiger partial charge >= 0.3 is 0 Å². The number of carbonyl (C=O) groups is 2. The first-order chi connectivity index (χ1) is 13.7. The Morgan fingerprint density at radius 3 is 1.96 bits per heavy atom. The molecule has 5 heteroatoms. The number of hydrogen-bond acceptors (Lipinski definition) is 4. The third-order valence-corrected chi connectivity index (χ3v) is 4.08. The van der Waals surface area contributed by atoms with E-state index in [0.717, 1.165) is 11.3 Å². The minimum absolute atomic E-state index is 0.0928. The number of anilines is 1. The second kappa shape index (κ2) is 9.83. The lowest BCUT2D eigenvalue weighted by Gasteiger charge is -2.09. The van der Waals surface area contributed by atoms with Crippen LogP contribution in [0.25, 0.3) is 0 Å². The zero-order valence-electron chi connectivity index (χ0n) is 15.3. The highest BCUT2D eigenvalue weighted by Crippen LogP contribution is 2.08. The first-order valence-corrected chi connectivity index (χ1v) is 9.00. The number of carbonyl (C=O) groups excluding carboxylic acids is 2. The van der Waals surface area contributed by atoms with Crippen molar-refractivity contribution in [1.29, 1.82) is 0 Å². The van der Waals surface area contributed by atoms with Crippen LogP contribution in [-0.4, -0.2) is 17.4 Å². The summed E-state index contributed by atoms with van der Waals surface area (Å²) in [4.78, 5) is 25.2. The molecule has 2 N–H and O–H groups in total. The van der Waals surface area contributed by atoms with E-state index in [9.17, 15) is 9.59 Å². The smallest absolute Gasteiger partial charge is 0.268 e. The third kappa shape index (κ3) is 5.64. The van der Waals surface area contributed by atoms with Gasteiger partial charge in [-0.1, -0.05) is 78.9 Å². The van der Waals surface area contributed by atoms with Crippen molar-refractivity contribution in [3.05, 3.63) is 102 Å². The number of nitrogens with one attached hydrogen (secondary N) is 2. The molecule has 1 amide bonds. The molecule has 0 bridgehead atoms. The van der Waals surface area contributed by atoms with Crippen LogP contribution in [0.3, 0.4) is 0 Å². The maximum absolute atomic E-state index is 12.7. The molecule has 28 heavy (non-hydrogen) atoms. The number of benzene rings is 3. The molecule has 3 aromatic rings. The predicted octanol–water partition coefficient (Wildman–Crippen LogP) is 4.04. The minimum Gasteiger partial charge on any atom is -0.347 e. The fraction of sp³-hybridized carbons (Fsp3) is 0.0870. The average Bonchev–Trinajstić information content (AvgIpc) is 2.77. The lowest BCUT2D eigenvalue weighted by atomic mass is 10.1. The van der Waals surface area contributed by atoms with Crippen molar-refractivity contribution in [2.75, 3.05) is 5.43 Å². The lowest BCUT2D eigenvalue weighted by molar-refractivity contribution is -0.115. The van der Waals surface area contributed by atoms with E-state index in [1.165, 1.54) is 0 Å². The quantitative estimate of drug-likeness (QED) is 0.357. The Balaban J connectivity index is 1.73. The van der Waals surface area contributed by atoms with Gasteiger partial charge in [0.15, 0.2) is 5.78 Å². The SMILES string of the molecule is O=C(NCc1ccccc1)/C(CC(=O)c1ccccc1)=N/Nc1ccccc1. The third-order valence-electron chi connectivity index (χ3n) is 4.08. The van der Waals surface area contributed by atoms with Crippen molar-refractivity contribution < 1.29 is 9.59 Å². The molecular formula is C23H21N3O2. The van der Waals surface area contributed by atoms with Crippen molar-refractivity contribution in [2.24, 2.45) is 5.10 Å². The number of ketones is 1. The molecule has 0 unspecified atom stereocenters. The monoisotopic (exact) mass is 371 g/mol. The van der Waals surface area contributed by atoms with Gasteiger partial charge in [0.1, 0.15) is 5.71 Å². The second-order valence-electron chi connectivity index (χ2n) is 6.17. The van der Waals surface area contributed by atoms with Crippen molar-refractivity contribution in [1.82, 2.24) is 5.32 Å². The molecule has 0 atom stereocenters. The first-order valence-electron chi connectivity index (χ1n) is 9.00.